The molecule has 2 aromatic heterocycles. The van der Waals surface area contributed by atoms with E-state index < -0.39 is 0 Å². The molecule has 146 valence electrons. The van der Waals surface area contributed by atoms with Crippen molar-refractivity contribution < 1.29 is 9.47 Å². The van der Waals surface area contributed by atoms with Crippen LogP contribution in [0.5, 0.6) is 11.5 Å². The highest BCUT2D eigenvalue weighted by Gasteiger charge is 2.11. The highest BCUT2D eigenvalue weighted by molar-refractivity contribution is 9.10. The molecule has 8 heteroatoms. The largest absolute Gasteiger partial charge is 0.497 e. The Morgan fingerprint density at radius 2 is 1.38 bits per heavy atom. The lowest BCUT2D eigenvalue weighted by Crippen LogP contribution is -2.03. The first-order valence-electron chi connectivity index (χ1n) is 8.80. The SMILES string of the molecule is COc1ccc(Nc2nc(Nc3ccc(OC)cc3)c3cc(Br)cnc3n2)cc1. The van der Waals surface area contributed by atoms with Crippen LogP contribution in [-0.2, 0) is 0 Å². The van der Waals surface area contributed by atoms with Gasteiger partial charge in [-0.3, -0.25) is 0 Å². The number of nitrogens with zero attached hydrogens (tertiary/aromatic N) is 3. The van der Waals surface area contributed by atoms with Crippen molar-refractivity contribution in [3.05, 3.63) is 65.3 Å². The Hall–Kier alpha value is -3.39. The fourth-order valence-electron chi connectivity index (χ4n) is 2.75. The van der Waals surface area contributed by atoms with Crippen molar-refractivity contribution in [1.29, 1.82) is 0 Å². The number of benzene rings is 2. The second-order valence-electron chi connectivity index (χ2n) is 6.13. The van der Waals surface area contributed by atoms with Crippen LogP contribution in [0.15, 0.2) is 65.3 Å². The Labute approximate surface area is 176 Å². The molecule has 0 aliphatic carbocycles. The summed E-state index contributed by atoms with van der Waals surface area (Å²) in [6, 6.07) is 17.1. The summed E-state index contributed by atoms with van der Waals surface area (Å²) in [6.45, 7) is 0. The van der Waals surface area contributed by atoms with Crippen LogP contribution < -0.4 is 20.1 Å². The highest BCUT2D eigenvalue weighted by Crippen LogP contribution is 2.28. The van der Waals surface area contributed by atoms with Crippen LogP contribution in [0.25, 0.3) is 11.0 Å². The topological polar surface area (TPSA) is 81.2 Å². The molecule has 0 aliphatic heterocycles. The molecule has 2 aromatic carbocycles. The second kappa shape index (κ2) is 8.32. The first kappa shape index (κ1) is 18.9. The lowest BCUT2D eigenvalue weighted by atomic mass is 10.2. The van der Waals surface area contributed by atoms with Gasteiger partial charge in [0.1, 0.15) is 17.3 Å². The predicted octanol–water partition coefficient (Wildman–Crippen LogP) is 5.29. The number of hydrogen-bond donors (Lipinski definition) is 2. The number of aromatic nitrogens is 3. The van der Waals surface area contributed by atoms with Crippen LogP contribution in [0.4, 0.5) is 23.1 Å². The molecule has 0 radical (unpaired) electrons. The predicted molar refractivity (Wildman–Crippen MR) is 118 cm³/mol. The van der Waals surface area contributed by atoms with Gasteiger partial charge in [-0.25, -0.2) is 4.98 Å². The number of halogens is 1. The van der Waals surface area contributed by atoms with Crippen molar-refractivity contribution >= 4 is 50.1 Å². The Morgan fingerprint density at radius 3 is 1.97 bits per heavy atom. The summed E-state index contributed by atoms with van der Waals surface area (Å²) in [5.74, 6) is 2.65. The highest BCUT2D eigenvalue weighted by atomic mass is 79.9. The fourth-order valence-corrected chi connectivity index (χ4v) is 3.08. The zero-order valence-corrected chi connectivity index (χ0v) is 17.4. The van der Waals surface area contributed by atoms with Crippen LogP contribution in [0, 0.1) is 0 Å². The third kappa shape index (κ3) is 4.38. The number of nitrogens with one attached hydrogen (secondary N) is 2. The minimum absolute atomic E-state index is 0.438. The number of pyridine rings is 1. The monoisotopic (exact) mass is 451 g/mol. The summed E-state index contributed by atoms with van der Waals surface area (Å²) in [7, 11) is 3.27. The molecule has 0 unspecified atom stereocenters. The maximum atomic E-state index is 5.22. The maximum Gasteiger partial charge on any atom is 0.231 e. The van der Waals surface area contributed by atoms with Gasteiger partial charge in [-0.1, -0.05) is 0 Å². The molecule has 4 aromatic rings. The zero-order valence-electron chi connectivity index (χ0n) is 15.8. The first-order valence-corrected chi connectivity index (χ1v) is 9.59. The molecule has 0 bridgehead atoms. The average molecular weight is 452 g/mol. The third-order valence-corrected chi connectivity index (χ3v) is 4.65. The molecule has 0 saturated heterocycles. The van der Waals surface area contributed by atoms with Crippen molar-refractivity contribution in [3.8, 4) is 11.5 Å². The van der Waals surface area contributed by atoms with Crippen LogP contribution in [0.3, 0.4) is 0 Å². The molecule has 29 heavy (non-hydrogen) atoms. The summed E-state index contributed by atoms with van der Waals surface area (Å²) in [6.07, 6.45) is 1.71. The number of anilines is 4. The molecule has 0 amide bonds. The molecule has 0 fully saturated rings. The van der Waals surface area contributed by atoms with Gasteiger partial charge in [0.05, 0.1) is 19.6 Å². The lowest BCUT2D eigenvalue weighted by molar-refractivity contribution is 0.415. The fraction of sp³-hybridized carbons (Fsp3) is 0.0952. The maximum absolute atomic E-state index is 5.22. The van der Waals surface area contributed by atoms with Crippen LogP contribution in [0.2, 0.25) is 0 Å². The summed E-state index contributed by atoms with van der Waals surface area (Å²) >= 11 is 3.47. The van der Waals surface area contributed by atoms with Gasteiger partial charge in [0.15, 0.2) is 5.65 Å². The number of fused-ring (bicyclic) bond motifs is 1. The summed E-state index contributed by atoms with van der Waals surface area (Å²) < 4.78 is 11.3. The van der Waals surface area contributed by atoms with E-state index in [-0.39, 0.29) is 0 Å². The number of methoxy groups -OCH3 is 2. The third-order valence-electron chi connectivity index (χ3n) is 4.22. The van der Waals surface area contributed by atoms with Gasteiger partial charge in [-0.05, 0) is 70.5 Å². The van der Waals surface area contributed by atoms with E-state index in [4.69, 9.17) is 9.47 Å². The van der Waals surface area contributed by atoms with Crippen LogP contribution in [-0.4, -0.2) is 29.2 Å². The Kier molecular flexibility index (Phi) is 5.44. The smallest absolute Gasteiger partial charge is 0.231 e. The molecule has 4 rings (SSSR count). The quantitative estimate of drug-likeness (QED) is 0.411. The summed E-state index contributed by atoms with van der Waals surface area (Å²) in [5, 5.41) is 7.36. The van der Waals surface area contributed by atoms with E-state index >= 15 is 0 Å². The van der Waals surface area contributed by atoms with Crippen molar-refractivity contribution in [2.75, 3.05) is 24.9 Å². The van der Waals surface area contributed by atoms with Gasteiger partial charge in [0.25, 0.3) is 0 Å². The minimum atomic E-state index is 0.438. The van der Waals surface area contributed by atoms with E-state index in [1.54, 1.807) is 20.4 Å². The molecule has 2 heterocycles. The minimum Gasteiger partial charge on any atom is -0.497 e. The lowest BCUT2D eigenvalue weighted by Gasteiger charge is -2.12. The van der Waals surface area contributed by atoms with Gasteiger partial charge in [-0.2, -0.15) is 9.97 Å². The Morgan fingerprint density at radius 1 is 0.793 bits per heavy atom. The molecule has 0 atom stereocenters. The van der Waals surface area contributed by atoms with Crippen molar-refractivity contribution in [1.82, 2.24) is 15.0 Å². The van der Waals surface area contributed by atoms with Gasteiger partial charge in [-0.15, -0.1) is 0 Å². The normalized spacial score (nSPS) is 10.6. The summed E-state index contributed by atoms with van der Waals surface area (Å²) in [5.41, 5.74) is 2.30. The molecular weight excluding hydrogens is 434 g/mol. The van der Waals surface area contributed by atoms with Gasteiger partial charge in [0, 0.05) is 22.0 Å². The second-order valence-corrected chi connectivity index (χ2v) is 7.04. The van der Waals surface area contributed by atoms with E-state index in [9.17, 15) is 0 Å². The van der Waals surface area contributed by atoms with Gasteiger partial charge in [0.2, 0.25) is 5.95 Å². The zero-order chi connectivity index (χ0) is 20.2. The molecule has 0 saturated carbocycles. The first-order chi connectivity index (χ1) is 14.1. The molecule has 0 spiro atoms. The van der Waals surface area contributed by atoms with Crippen molar-refractivity contribution in [3.63, 3.8) is 0 Å². The Bertz CT molecular complexity index is 1130. The van der Waals surface area contributed by atoms with Crippen LogP contribution in [0.1, 0.15) is 0 Å². The van der Waals surface area contributed by atoms with Crippen molar-refractivity contribution in [2.45, 2.75) is 0 Å². The number of hydrogen-bond acceptors (Lipinski definition) is 7. The standard InChI is InChI=1S/C21H18BrN5O2/c1-28-16-7-3-14(4-8-16)24-20-18-11-13(22)12-23-19(18)26-21(27-20)25-15-5-9-17(29-2)10-6-15/h3-12H,1-2H3,(H2,23,24,25,26,27). The van der Waals surface area contributed by atoms with E-state index in [2.05, 4.69) is 41.5 Å². The van der Waals surface area contributed by atoms with E-state index in [1.165, 1.54) is 0 Å². The van der Waals surface area contributed by atoms with Gasteiger partial charge < -0.3 is 20.1 Å². The molecular formula is C21H18BrN5O2. The van der Waals surface area contributed by atoms with Gasteiger partial charge >= 0.3 is 0 Å². The molecule has 2 N–H and O–H groups in total. The van der Waals surface area contributed by atoms with Crippen LogP contribution >= 0.6 is 15.9 Å². The molecule has 7 nitrogen and oxygen atoms in total. The van der Waals surface area contributed by atoms with E-state index in [1.807, 2.05) is 54.6 Å². The molecule has 0 aliphatic rings. The number of rotatable bonds is 6. The number of ether oxygens (including phenoxy) is 2. The van der Waals surface area contributed by atoms with E-state index in [0.717, 1.165) is 32.7 Å². The van der Waals surface area contributed by atoms with Crippen molar-refractivity contribution in [2.24, 2.45) is 0 Å². The summed E-state index contributed by atoms with van der Waals surface area (Å²) in [4.78, 5) is 13.6. The Balaban J connectivity index is 1.70. The average Bonchev–Trinajstić information content (AvgIpc) is 2.75. The van der Waals surface area contributed by atoms with E-state index in [0.29, 0.717) is 17.4 Å².